The smallest absolute Gasteiger partial charge is 0.437 e. The van der Waals surface area contributed by atoms with Crippen LogP contribution in [0.15, 0.2) is 63.8 Å². The van der Waals surface area contributed by atoms with Crippen molar-refractivity contribution in [2.75, 3.05) is 26.0 Å². The predicted octanol–water partition coefficient (Wildman–Crippen LogP) is 1.61. The van der Waals surface area contributed by atoms with E-state index in [0.29, 0.717) is 17.0 Å². The van der Waals surface area contributed by atoms with Crippen molar-refractivity contribution in [1.29, 1.82) is 0 Å². The van der Waals surface area contributed by atoms with E-state index in [2.05, 4.69) is 10.4 Å². The van der Waals surface area contributed by atoms with Crippen molar-refractivity contribution in [1.82, 2.24) is 14.7 Å². The van der Waals surface area contributed by atoms with Gasteiger partial charge in [0.25, 0.3) is 0 Å². The zero-order valence-corrected chi connectivity index (χ0v) is 16.0. The number of carbonyl (C=O) groups is 2. The van der Waals surface area contributed by atoms with E-state index in [4.69, 9.17) is 9.15 Å². The summed E-state index contributed by atoms with van der Waals surface area (Å²) in [6.45, 7) is -0.509. The van der Waals surface area contributed by atoms with Crippen LogP contribution in [0.4, 0.5) is 5.69 Å². The summed E-state index contributed by atoms with van der Waals surface area (Å²) >= 11 is 0. The molecule has 0 bridgehead atoms. The first-order valence-electron chi connectivity index (χ1n) is 8.77. The van der Waals surface area contributed by atoms with Gasteiger partial charge in [0.05, 0.1) is 13.7 Å². The minimum absolute atomic E-state index is 0.128. The minimum Gasteiger partial charge on any atom is -0.497 e. The van der Waals surface area contributed by atoms with Gasteiger partial charge in [0.1, 0.15) is 12.3 Å². The number of likely N-dealkylation sites (N-methyl/N-ethyl adjacent to an activating group) is 1. The lowest BCUT2D eigenvalue weighted by atomic mass is 10.2. The highest BCUT2D eigenvalue weighted by atomic mass is 16.5. The summed E-state index contributed by atoms with van der Waals surface area (Å²) < 4.78 is 11.1. The average Bonchev–Trinajstić information content (AvgIpc) is 3.09. The number of ether oxygens (including phenoxy) is 1. The molecule has 2 amide bonds. The van der Waals surface area contributed by atoms with Gasteiger partial charge in [-0.1, -0.05) is 18.2 Å². The van der Waals surface area contributed by atoms with Gasteiger partial charge in [-0.25, -0.2) is 4.79 Å². The molecule has 9 nitrogen and oxygen atoms in total. The van der Waals surface area contributed by atoms with E-state index in [1.54, 1.807) is 55.6 Å². The zero-order chi connectivity index (χ0) is 20.8. The molecule has 3 aromatic rings. The van der Waals surface area contributed by atoms with E-state index < -0.39 is 11.7 Å². The van der Waals surface area contributed by atoms with E-state index in [1.165, 1.54) is 11.9 Å². The third-order valence-corrected chi connectivity index (χ3v) is 4.09. The third-order valence-electron chi connectivity index (χ3n) is 4.09. The third kappa shape index (κ3) is 5.10. The number of amides is 2. The Hall–Kier alpha value is -3.88. The Balaban J connectivity index is 1.58. The van der Waals surface area contributed by atoms with E-state index in [0.717, 1.165) is 4.68 Å². The Kier molecular flexibility index (Phi) is 6.08. The van der Waals surface area contributed by atoms with Gasteiger partial charge in [-0.05, 0) is 36.4 Å². The number of anilines is 1. The first-order valence-corrected chi connectivity index (χ1v) is 8.77. The van der Waals surface area contributed by atoms with Gasteiger partial charge in [-0.2, -0.15) is 4.68 Å². The van der Waals surface area contributed by atoms with Crippen LogP contribution in [0.25, 0.3) is 11.5 Å². The molecule has 0 aliphatic heterocycles. The highest BCUT2D eigenvalue weighted by Crippen LogP contribution is 2.15. The highest BCUT2D eigenvalue weighted by molar-refractivity contribution is 5.94. The molecule has 2 aromatic carbocycles. The molecule has 0 unspecified atom stereocenters. The van der Waals surface area contributed by atoms with Gasteiger partial charge in [-0.3, -0.25) is 9.59 Å². The number of methoxy groups -OCH3 is 1. The summed E-state index contributed by atoms with van der Waals surface area (Å²) in [7, 11) is 3.02. The van der Waals surface area contributed by atoms with Crippen LogP contribution in [-0.2, 0) is 16.1 Å². The summed E-state index contributed by atoms with van der Waals surface area (Å²) in [5, 5.41) is 6.73. The number of rotatable bonds is 7. The molecule has 1 heterocycles. The van der Waals surface area contributed by atoms with E-state index >= 15 is 0 Å². The summed E-state index contributed by atoms with van der Waals surface area (Å²) in [6.07, 6.45) is 0. The van der Waals surface area contributed by atoms with Crippen LogP contribution in [0.2, 0.25) is 0 Å². The van der Waals surface area contributed by atoms with Crippen molar-refractivity contribution in [3.63, 3.8) is 0 Å². The fourth-order valence-corrected chi connectivity index (χ4v) is 2.53. The lowest BCUT2D eigenvalue weighted by Crippen LogP contribution is -2.38. The quantitative estimate of drug-likeness (QED) is 0.650. The maximum absolute atomic E-state index is 12.4. The van der Waals surface area contributed by atoms with Crippen LogP contribution in [0.1, 0.15) is 0 Å². The first-order chi connectivity index (χ1) is 14.0. The molecule has 29 heavy (non-hydrogen) atoms. The van der Waals surface area contributed by atoms with Crippen molar-refractivity contribution in [3.05, 3.63) is 65.1 Å². The van der Waals surface area contributed by atoms with Crippen LogP contribution >= 0.6 is 0 Å². The number of hydrogen-bond donors (Lipinski definition) is 1. The molecule has 1 aromatic heterocycles. The Bertz CT molecular complexity index is 1040. The zero-order valence-electron chi connectivity index (χ0n) is 16.0. The predicted molar refractivity (Wildman–Crippen MR) is 105 cm³/mol. The molecule has 0 atom stereocenters. The van der Waals surface area contributed by atoms with Crippen molar-refractivity contribution in [3.8, 4) is 17.2 Å². The topological polar surface area (TPSA) is 107 Å². The molecule has 0 aliphatic rings. The average molecular weight is 396 g/mol. The largest absolute Gasteiger partial charge is 0.497 e. The Labute approximate surface area is 166 Å². The SMILES string of the molecule is COc1ccc(NC(=O)CN(C)C(=O)Cn2nc(-c3ccccc3)oc2=O)cc1. The number of hydrogen-bond acceptors (Lipinski definition) is 6. The van der Waals surface area contributed by atoms with Crippen LogP contribution < -0.4 is 15.8 Å². The first kappa shape index (κ1) is 19.9. The lowest BCUT2D eigenvalue weighted by Gasteiger charge is -2.16. The standard InChI is InChI=1S/C20H20N4O5/c1-23(12-17(25)21-15-8-10-16(28-2)11-9-15)18(26)13-24-20(27)29-19(22-24)14-6-4-3-5-7-14/h3-11H,12-13H2,1-2H3,(H,21,25). The molecule has 0 aliphatic carbocycles. The second kappa shape index (κ2) is 8.87. The molecular formula is C20H20N4O5. The van der Waals surface area contributed by atoms with Crippen LogP contribution in [0, 0.1) is 0 Å². The van der Waals surface area contributed by atoms with Crippen LogP contribution in [-0.4, -0.2) is 47.2 Å². The van der Waals surface area contributed by atoms with Gasteiger partial charge in [0.2, 0.25) is 17.7 Å². The van der Waals surface area contributed by atoms with Crippen molar-refractivity contribution in [2.45, 2.75) is 6.54 Å². The number of nitrogens with one attached hydrogen (secondary N) is 1. The molecule has 1 N–H and O–H groups in total. The second-order valence-electron chi connectivity index (χ2n) is 6.22. The molecule has 0 radical (unpaired) electrons. The molecular weight excluding hydrogens is 376 g/mol. The van der Waals surface area contributed by atoms with E-state index in [9.17, 15) is 14.4 Å². The van der Waals surface area contributed by atoms with Gasteiger partial charge in [-0.15, -0.1) is 5.10 Å². The Morgan fingerprint density at radius 1 is 1.14 bits per heavy atom. The van der Waals surface area contributed by atoms with Crippen LogP contribution in [0.5, 0.6) is 5.75 Å². The minimum atomic E-state index is -0.742. The fraction of sp³-hybridized carbons (Fsp3) is 0.200. The number of nitrogens with zero attached hydrogens (tertiary/aromatic N) is 3. The fourth-order valence-electron chi connectivity index (χ4n) is 2.53. The number of aromatic nitrogens is 2. The molecule has 0 fully saturated rings. The van der Waals surface area contributed by atoms with E-state index in [1.807, 2.05) is 6.07 Å². The van der Waals surface area contributed by atoms with Crippen LogP contribution in [0.3, 0.4) is 0 Å². The van der Waals surface area contributed by atoms with Gasteiger partial charge >= 0.3 is 5.76 Å². The van der Waals surface area contributed by atoms with Crippen molar-refractivity contribution < 1.29 is 18.7 Å². The molecule has 0 saturated heterocycles. The summed E-state index contributed by atoms with van der Waals surface area (Å²) in [5.74, 6) is -0.770. The second-order valence-corrected chi connectivity index (χ2v) is 6.22. The normalized spacial score (nSPS) is 10.4. The maximum Gasteiger partial charge on any atom is 0.437 e. The Morgan fingerprint density at radius 3 is 2.48 bits per heavy atom. The summed E-state index contributed by atoms with van der Waals surface area (Å²) in [5.41, 5.74) is 1.21. The molecule has 0 spiro atoms. The monoisotopic (exact) mass is 396 g/mol. The van der Waals surface area contributed by atoms with Crippen molar-refractivity contribution >= 4 is 17.5 Å². The highest BCUT2D eigenvalue weighted by Gasteiger charge is 2.17. The summed E-state index contributed by atoms with van der Waals surface area (Å²) in [6, 6.07) is 15.7. The van der Waals surface area contributed by atoms with Gasteiger partial charge in [0.15, 0.2) is 0 Å². The molecule has 9 heteroatoms. The molecule has 150 valence electrons. The lowest BCUT2D eigenvalue weighted by molar-refractivity contribution is -0.134. The van der Waals surface area contributed by atoms with Crippen molar-refractivity contribution in [2.24, 2.45) is 0 Å². The molecule has 3 rings (SSSR count). The maximum atomic E-state index is 12.4. The summed E-state index contributed by atoms with van der Waals surface area (Å²) in [4.78, 5) is 37.7. The van der Waals surface area contributed by atoms with Gasteiger partial charge in [0, 0.05) is 18.3 Å². The molecule has 0 saturated carbocycles. The number of carbonyl (C=O) groups excluding carboxylic acids is 2. The Morgan fingerprint density at radius 2 is 1.83 bits per heavy atom. The van der Waals surface area contributed by atoms with E-state index in [-0.39, 0.29) is 24.9 Å². The van der Waals surface area contributed by atoms with Gasteiger partial charge < -0.3 is 19.4 Å². The number of benzene rings is 2.